The highest BCUT2D eigenvalue weighted by Crippen LogP contribution is 2.08. The zero-order valence-corrected chi connectivity index (χ0v) is 8.57. The van der Waals surface area contributed by atoms with Crippen LogP contribution in [0.2, 0.25) is 0 Å². The first-order valence-corrected chi connectivity index (χ1v) is 4.44. The molecule has 4 heteroatoms. The van der Waals surface area contributed by atoms with Gasteiger partial charge in [0.1, 0.15) is 0 Å². The van der Waals surface area contributed by atoms with Gasteiger partial charge in [0, 0.05) is 23.9 Å². The molecular formula is C10H14N2O2. The summed E-state index contributed by atoms with van der Waals surface area (Å²) in [5.74, 6) is 0.335. The van der Waals surface area contributed by atoms with Crippen molar-refractivity contribution in [3.05, 3.63) is 23.9 Å². The van der Waals surface area contributed by atoms with Crippen molar-refractivity contribution in [1.82, 2.24) is 10.3 Å². The van der Waals surface area contributed by atoms with Crippen molar-refractivity contribution >= 4 is 5.91 Å². The second kappa shape index (κ2) is 4.60. The van der Waals surface area contributed by atoms with Gasteiger partial charge in [0.2, 0.25) is 5.88 Å². The van der Waals surface area contributed by atoms with Gasteiger partial charge in [-0.3, -0.25) is 4.79 Å². The fourth-order valence-electron chi connectivity index (χ4n) is 1.01. The van der Waals surface area contributed by atoms with Crippen LogP contribution in [0.3, 0.4) is 0 Å². The highest BCUT2D eigenvalue weighted by molar-refractivity contribution is 5.94. The van der Waals surface area contributed by atoms with E-state index >= 15 is 0 Å². The first kappa shape index (κ1) is 10.5. The number of pyridine rings is 1. The number of hydrogen-bond donors (Lipinski definition) is 1. The van der Waals surface area contributed by atoms with E-state index in [0.29, 0.717) is 11.4 Å². The lowest BCUT2D eigenvalue weighted by molar-refractivity contribution is 0.0942. The SMILES string of the molecule is COc1cc(C(=O)NC(C)C)ccn1. The summed E-state index contributed by atoms with van der Waals surface area (Å²) < 4.78 is 4.92. The molecule has 0 atom stereocenters. The van der Waals surface area contributed by atoms with Crippen molar-refractivity contribution in [3.8, 4) is 5.88 Å². The first-order valence-electron chi connectivity index (χ1n) is 4.44. The Morgan fingerprint density at radius 1 is 1.57 bits per heavy atom. The fourth-order valence-corrected chi connectivity index (χ4v) is 1.01. The molecular weight excluding hydrogens is 180 g/mol. The van der Waals surface area contributed by atoms with E-state index in [1.807, 2.05) is 13.8 Å². The number of aromatic nitrogens is 1. The molecule has 0 bridgehead atoms. The molecule has 0 spiro atoms. The van der Waals surface area contributed by atoms with Gasteiger partial charge in [0.25, 0.3) is 5.91 Å². The highest BCUT2D eigenvalue weighted by atomic mass is 16.5. The number of amides is 1. The maximum Gasteiger partial charge on any atom is 0.251 e. The lowest BCUT2D eigenvalue weighted by Gasteiger charge is -2.08. The van der Waals surface area contributed by atoms with Crippen LogP contribution in [0.5, 0.6) is 5.88 Å². The molecule has 0 fully saturated rings. The number of methoxy groups -OCH3 is 1. The molecule has 0 aliphatic rings. The lowest BCUT2D eigenvalue weighted by Crippen LogP contribution is -2.30. The van der Waals surface area contributed by atoms with Gasteiger partial charge in [0.15, 0.2) is 0 Å². The van der Waals surface area contributed by atoms with E-state index in [0.717, 1.165) is 0 Å². The zero-order valence-electron chi connectivity index (χ0n) is 8.57. The van der Waals surface area contributed by atoms with Gasteiger partial charge in [-0.1, -0.05) is 0 Å². The van der Waals surface area contributed by atoms with Gasteiger partial charge in [-0.2, -0.15) is 0 Å². The number of nitrogens with zero attached hydrogens (tertiary/aromatic N) is 1. The molecule has 76 valence electrons. The molecule has 0 saturated heterocycles. The van der Waals surface area contributed by atoms with Crippen LogP contribution in [0.1, 0.15) is 24.2 Å². The summed E-state index contributed by atoms with van der Waals surface area (Å²) in [5, 5.41) is 2.79. The minimum absolute atomic E-state index is 0.110. The van der Waals surface area contributed by atoms with E-state index in [1.165, 1.54) is 7.11 Å². The molecule has 0 aliphatic heterocycles. The maximum absolute atomic E-state index is 11.5. The number of rotatable bonds is 3. The molecule has 0 unspecified atom stereocenters. The van der Waals surface area contributed by atoms with E-state index in [4.69, 9.17) is 4.74 Å². The predicted octanol–water partition coefficient (Wildman–Crippen LogP) is 1.23. The Labute approximate surface area is 83.3 Å². The third-order valence-electron chi connectivity index (χ3n) is 1.63. The molecule has 14 heavy (non-hydrogen) atoms. The Hall–Kier alpha value is -1.58. The van der Waals surface area contributed by atoms with Gasteiger partial charge in [-0.05, 0) is 19.9 Å². The molecule has 0 saturated carbocycles. The largest absolute Gasteiger partial charge is 0.481 e. The van der Waals surface area contributed by atoms with Gasteiger partial charge >= 0.3 is 0 Å². The molecule has 0 aromatic carbocycles. The van der Waals surface area contributed by atoms with Crippen molar-refractivity contribution in [3.63, 3.8) is 0 Å². The van der Waals surface area contributed by atoms with Crippen molar-refractivity contribution in [1.29, 1.82) is 0 Å². The number of carbonyl (C=O) groups is 1. The van der Waals surface area contributed by atoms with Crippen molar-refractivity contribution in [2.24, 2.45) is 0 Å². The lowest BCUT2D eigenvalue weighted by atomic mass is 10.2. The van der Waals surface area contributed by atoms with Crippen LogP contribution in [0.4, 0.5) is 0 Å². The summed E-state index contributed by atoms with van der Waals surface area (Å²) in [6, 6.07) is 3.39. The Morgan fingerprint density at radius 3 is 2.86 bits per heavy atom. The van der Waals surface area contributed by atoms with E-state index in [-0.39, 0.29) is 11.9 Å². The molecule has 1 rings (SSSR count). The monoisotopic (exact) mass is 194 g/mol. The second-order valence-corrected chi connectivity index (χ2v) is 3.22. The molecule has 0 aliphatic carbocycles. The van der Waals surface area contributed by atoms with Crippen LogP contribution in [0.25, 0.3) is 0 Å². The quantitative estimate of drug-likeness (QED) is 0.787. The Balaban J connectivity index is 2.79. The van der Waals surface area contributed by atoms with E-state index in [1.54, 1.807) is 18.3 Å². The summed E-state index contributed by atoms with van der Waals surface area (Å²) in [6.07, 6.45) is 1.55. The smallest absolute Gasteiger partial charge is 0.251 e. The molecule has 1 aromatic heterocycles. The normalized spacial score (nSPS) is 10.0. The Bertz CT molecular complexity index is 324. The van der Waals surface area contributed by atoms with Gasteiger partial charge in [-0.15, -0.1) is 0 Å². The van der Waals surface area contributed by atoms with Gasteiger partial charge in [-0.25, -0.2) is 4.98 Å². The topological polar surface area (TPSA) is 51.2 Å². The summed E-state index contributed by atoms with van der Waals surface area (Å²) in [4.78, 5) is 15.4. The molecule has 0 radical (unpaired) electrons. The highest BCUT2D eigenvalue weighted by Gasteiger charge is 2.07. The maximum atomic E-state index is 11.5. The van der Waals surface area contributed by atoms with Crippen LogP contribution >= 0.6 is 0 Å². The molecule has 1 amide bonds. The van der Waals surface area contributed by atoms with Gasteiger partial charge in [0.05, 0.1) is 7.11 Å². The van der Waals surface area contributed by atoms with Crippen molar-refractivity contribution in [2.45, 2.75) is 19.9 Å². The minimum Gasteiger partial charge on any atom is -0.481 e. The molecule has 4 nitrogen and oxygen atoms in total. The van der Waals surface area contributed by atoms with Gasteiger partial charge < -0.3 is 10.1 Å². The molecule has 1 N–H and O–H groups in total. The fraction of sp³-hybridized carbons (Fsp3) is 0.400. The van der Waals surface area contributed by atoms with E-state index in [2.05, 4.69) is 10.3 Å². The molecule has 1 heterocycles. The summed E-state index contributed by atoms with van der Waals surface area (Å²) in [7, 11) is 1.52. The van der Waals surface area contributed by atoms with E-state index in [9.17, 15) is 4.79 Å². The predicted molar refractivity (Wildman–Crippen MR) is 53.4 cm³/mol. The average Bonchev–Trinajstić information content (AvgIpc) is 2.17. The third kappa shape index (κ3) is 2.73. The second-order valence-electron chi connectivity index (χ2n) is 3.22. The molecule has 1 aromatic rings. The van der Waals surface area contributed by atoms with Crippen molar-refractivity contribution in [2.75, 3.05) is 7.11 Å². The number of nitrogens with one attached hydrogen (secondary N) is 1. The van der Waals surface area contributed by atoms with Crippen molar-refractivity contribution < 1.29 is 9.53 Å². The minimum atomic E-state index is -0.110. The van der Waals surface area contributed by atoms with Crippen LogP contribution in [0.15, 0.2) is 18.3 Å². The van der Waals surface area contributed by atoms with Crippen LogP contribution in [-0.2, 0) is 0 Å². The summed E-state index contributed by atoms with van der Waals surface area (Å²) >= 11 is 0. The summed E-state index contributed by atoms with van der Waals surface area (Å²) in [5.41, 5.74) is 0.561. The van der Waals surface area contributed by atoms with Crippen LogP contribution in [0, 0.1) is 0 Å². The Morgan fingerprint density at radius 2 is 2.29 bits per heavy atom. The zero-order chi connectivity index (χ0) is 10.6. The average molecular weight is 194 g/mol. The summed E-state index contributed by atoms with van der Waals surface area (Å²) in [6.45, 7) is 3.83. The number of carbonyl (C=O) groups excluding carboxylic acids is 1. The number of hydrogen-bond acceptors (Lipinski definition) is 3. The van der Waals surface area contributed by atoms with Crippen LogP contribution in [-0.4, -0.2) is 24.0 Å². The van der Waals surface area contributed by atoms with Crippen LogP contribution < -0.4 is 10.1 Å². The third-order valence-corrected chi connectivity index (χ3v) is 1.63. The standard InChI is InChI=1S/C10H14N2O2/c1-7(2)12-10(13)8-4-5-11-9(6-8)14-3/h4-7H,1-3H3,(H,12,13). The number of ether oxygens (including phenoxy) is 1. The first-order chi connectivity index (χ1) is 6.63. The Kier molecular flexibility index (Phi) is 3.45. The van der Waals surface area contributed by atoms with E-state index < -0.39 is 0 Å².